The third-order valence-electron chi connectivity index (χ3n) is 2.58. The molecule has 1 heterocycles. The van der Waals surface area contributed by atoms with Crippen LogP contribution in [0.5, 0.6) is 0 Å². The van der Waals surface area contributed by atoms with Gasteiger partial charge in [-0.05, 0) is 19.1 Å². The molecule has 100 valence electrons. The summed E-state index contributed by atoms with van der Waals surface area (Å²) >= 11 is 0. The second-order valence-corrected chi connectivity index (χ2v) is 3.79. The Kier molecular flexibility index (Phi) is 5.38. The van der Waals surface area contributed by atoms with E-state index in [1.54, 1.807) is 36.9 Å². The number of carbonyl (C=O) groups excluding carboxylic acids is 1. The molecule has 0 unspecified atom stereocenters. The van der Waals surface area contributed by atoms with E-state index >= 15 is 0 Å². The summed E-state index contributed by atoms with van der Waals surface area (Å²) in [4.78, 5) is 24.1. The zero-order valence-corrected chi connectivity index (χ0v) is 10.6. The first-order chi connectivity index (χ1) is 8.60. The Labute approximate surface area is 106 Å². The SMILES string of the molecule is CCN(CC(=O)O)C(=O)c1cccn1CCOC. The average molecular weight is 254 g/mol. The summed E-state index contributed by atoms with van der Waals surface area (Å²) in [5, 5.41) is 8.75. The number of likely N-dealkylation sites (N-methyl/N-ethyl adjacent to an activating group) is 1. The fourth-order valence-corrected chi connectivity index (χ4v) is 1.65. The highest BCUT2D eigenvalue weighted by molar-refractivity contribution is 5.94. The monoisotopic (exact) mass is 254 g/mol. The lowest BCUT2D eigenvalue weighted by molar-refractivity contribution is -0.137. The molecule has 0 fully saturated rings. The number of amides is 1. The van der Waals surface area contributed by atoms with Crippen LogP contribution in [0.25, 0.3) is 0 Å². The van der Waals surface area contributed by atoms with Crippen LogP contribution in [-0.2, 0) is 16.1 Å². The van der Waals surface area contributed by atoms with Crippen LogP contribution in [0.2, 0.25) is 0 Å². The van der Waals surface area contributed by atoms with E-state index in [9.17, 15) is 9.59 Å². The largest absolute Gasteiger partial charge is 0.480 e. The number of carboxylic acid groups (broad SMARTS) is 1. The van der Waals surface area contributed by atoms with Gasteiger partial charge >= 0.3 is 5.97 Å². The Balaban J connectivity index is 2.81. The lowest BCUT2D eigenvalue weighted by Gasteiger charge is -2.19. The van der Waals surface area contributed by atoms with Crippen LogP contribution in [0.3, 0.4) is 0 Å². The number of carbonyl (C=O) groups is 2. The van der Waals surface area contributed by atoms with Crippen molar-refractivity contribution in [3.05, 3.63) is 24.0 Å². The number of hydrogen-bond acceptors (Lipinski definition) is 3. The van der Waals surface area contributed by atoms with E-state index in [2.05, 4.69) is 0 Å². The van der Waals surface area contributed by atoms with Crippen molar-refractivity contribution in [2.75, 3.05) is 26.8 Å². The third-order valence-corrected chi connectivity index (χ3v) is 2.58. The minimum atomic E-state index is -1.01. The van der Waals surface area contributed by atoms with Crippen molar-refractivity contribution in [1.29, 1.82) is 0 Å². The molecule has 6 heteroatoms. The summed E-state index contributed by atoms with van der Waals surface area (Å²) in [7, 11) is 1.59. The fourth-order valence-electron chi connectivity index (χ4n) is 1.65. The normalized spacial score (nSPS) is 10.3. The Morgan fingerprint density at radius 3 is 2.78 bits per heavy atom. The fraction of sp³-hybridized carbons (Fsp3) is 0.500. The van der Waals surface area contributed by atoms with Crippen molar-refractivity contribution < 1.29 is 19.4 Å². The standard InChI is InChI=1S/C12H18N2O4/c1-3-13(9-11(15)16)12(17)10-5-4-6-14(10)7-8-18-2/h4-6H,3,7-9H2,1-2H3,(H,15,16). The van der Waals surface area contributed by atoms with Crippen molar-refractivity contribution in [1.82, 2.24) is 9.47 Å². The van der Waals surface area contributed by atoms with E-state index in [1.807, 2.05) is 0 Å². The van der Waals surface area contributed by atoms with Crippen LogP contribution >= 0.6 is 0 Å². The van der Waals surface area contributed by atoms with Crippen LogP contribution in [-0.4, -0.2) is 53.3 Å². The highest BCUT2D eigenvalue weighted by Crippen LogP contribution is 2.07. The molecule has 1 aromatic heterocycles. The van der Waals surface area contributed by atoms with Crippen molar-refractivity contribution in [2.24, 2.45) is 0 Å². The highest BCUT2D eigenvalue weighted by atomic mass is 16.5. The molecule has 0 atom stereocenters. The first-order valence-electron chi connectivity index (χ1n) is 5.75. The zero-order valence-electron chi connectivity index (χ0n) is 10.6. The number of rotatable bonds is 7. The molecular weight excluding hydrogens is 236 g/mol. The van der Waals surface area contributed by atoms with E-state index in [0.29, 0.717) is 25.4 Å². The predicted molar refractivity (Wildman–Crippen MR) is 65.5 cm³/mol. The smallest absolute Gasteiger partial charge is 0.323 e. The maximum absolute atomic E-state index is 12.2. The molecule has 1 rings (SSSR count). The number of hydrogen-bond donors (Lipinski definition) is 1. The van der Waals surface area contributed by atoms with E-state index < -0.39 is 5.97 Å². The number of aromatic nitrogens is 1. The Morgan fingerprint density at radius 1 is 1.50 bits per heavy atom. The number of ether oxygens (including phenoxy) is 1. The van der Waals surface area contributed by atoms with Crippen LogP contribution in [0.1, 0.15) is 17.4 Å². The molecule has 1 amide bonds. The molecule has 0 aliphatic carbocycles. The van der Waals surface area contributed by atoms with Gasteiger partial charge < -0.3 is 19.3 Å². The summed E-state index contributed by atoms with van der Waals surface area (Å²) in [6.45, 7) is 2.89. The molecule has 0 aliphatic rings. The van der Waals surface area contributed by atoms with E-state index in [-0.39, 0.29) is 12.5 Å². The van der Waals surface area contributed by atoms with Gasteiger partial charge in [-0.15, -0.1) is 0 Å². The van der Waals surface area contributed by atoms with E-state index in [0.717, 1.165) is 0 Å². The van der Waals surface area contributed by atoms with Gasteiger partial charge in [0.05, 0.1) is 6.61 Å². The van der Waals surface area contributed by atoms with Crippen molar-refractivity contribution in [3.8, 4) is 0 Å². The molecular formula is C12H18N2O4. The summed E-state index contributed by atoms with van der Waals surface area (Å²) in [5.74, 6) is -1.29. The van der Waals surface area contributed by atoms with Gasteiger partial charge in [0, 0.05) is 26.4 Å². The molecule has 0 aromatic carbocycles. The Bertz CT molecular complexity index is 414. The summed E-state index contributed by atoms with van der Waals surface area (Å²) < 4.78 is 6.72. The van der Waals surface area contributed by atoms with Crippen LogP contribution < -0.4 is 0 Å². The Morgan fingerprint density at radius 2 is 2.22 bits per heavy atom. The quantitative estimate of drug-likeness (QED) is 0.776. The Hall–Kier alpha value is -1.82. The number of carboxylic acids is 1. The molecule has 0 bridgehead atoms. The second kappa shape index (κ2) is 6.80. The maximum atomic E-state index is 12.2. The number of methoxy groups -OCH3 is 1. The van der Waals surface area contributed by atoms with Gasteiger partial charge in [-0.2, -0.15) is 0 Å². The maximum Gasteiger partial charge on any atom is 0.323 e. The van der Waals surface area contributed by atoms with Gasteiger partial charge in [-0.1, -0.05) is 0 Å². The van der Waals surface area contributed by atoms with Crippen molar-refractivity contribution in [3.63, 3.8) is 0 Å². The summed E-state index contributed by atoms with van der Waals surface area (Å²) in [6.07, 6.45) is 1.78. The minimum absolute atomic E-state index is 0.277. The minimum Gasteiger partial charge on any atom is -0.480 e. The highest BCUT2D eigenvalue weighted by Gasteiger charge is 2.19. The molecule has 0 saturated carbocycles. The van der Waals surface area contributed by atoms with Gasteiger partial charge in [0.1, 0.15) is 12.2 Å². The molecule has 1 N–H and O–H groups in total. The molecule has 6 nitrogen and oxygen atoms in total. The van der Waals surface area contributed by atoms with Gasteiger partial charge in [-0.3, -0.25) is 9.59 Å². The van der Waals surface area contributed by atoms with Crippen molar-refractivity contribution in [2.45, 2.75) is 13.5 Å². The summed E-state index contributed by atoms with van der Waals surface area (Å²) in [5.41, 5.74) is 0.482. The number of aliphatic carboxylic acids is 1. The average Bonchev–Trinajstić information content (AvgIpc) is 2.80. The molecule has 1 aromatic rings. The first kappa shape index (κ1) is 14.2. The lowest BCUT2D eigenvalue weighted by Crippen LogP contribution is -2.36. The zero-order chi connectivity index (χ0) is 13.5. The second-order valence-electron chi connectivity index (χ2n) is 3.79. The first-order valence-corrected chi connectivity index (χ1v) is 5.75. The van der Waals surface area contributed by atoms with Crippen LogP contribution in [0.15, 0.2) is 18.3 Å². The van der Waals surface area contributed by atoms with Gasteiger partial charge in [0.15, 0.2) is 0 Å². The lowest BCUT2D eigenvalue weighted by atomic mass is 10.3. The van der Waals surface area contributed by atoms with Crippen LogP contribution in [0.4, 0.5) is 0 Å². The molecule has 0 spiro atoms. The van der Waals surface area contributed by atoms with E-state index in [1.165, 1.54) is 4.90 Å². The van der Waals surface area contributed by atoms with Gasteiger partial charge in [0.25, 0.3) is 5.91 Å². The summed E-state index contributed by atoms with van der Waals surface area (Å²) in [6, 6.07) is 3.44. The number of nitrogens with zero attached hydrogens (tertiary/aromatic N) is 2. The predicted octanol–water partition coefficient (Wildman–Crippen LogP) is 0.681. The molecule has 18 heavy (non-hydrogen) atoms. The van der Waals surface area contributed by atoms with E-state index in [4.69, 9.17) is 9.84 Å². The molecule has 0 saturated heterocycles. The van der Waals surface area contributed by atoms with Gasteiger partial charge in [0.2, 0.25) is 0 Å². The van der Waals surface area contributed by atoms with Crippen LogP contribution in [0, 0.1) is 0 Å². The molecule has 0 radical (unpaired) electrons. The van der Waals surface area contributed by atoms with Gasteiger partial charge in [-0.25, -0.2) is 0 Å². The molecule has 0 aliphatic heterocycles. The third kappa shape index (κ3) is 3.59. The topological polar surface area (TPSA) is 71.8 Å². The van der Waals surface area contributed by atoms with Crippen molar-refractivity contribution >= 4 is 11.9 Å².